The molecule has 1 unspecified atom stereocenters. The molecule has 2 rings (SSSR count). The van der Waals surface area contributed by atoms with Crippen LogP contribution in [0.5, 0.6) is 0 Å². The van der Waals surface area contributed by atoms with Gasteiger partial charge in [-0.1, -0.05) is 0 Å². The van der Waals surface area contributed by atoms with Gasteiger partial charge in [-0.05, 0) is 27.2 Å². The maximum absolute atomic E-state index is 12.3. The van der Waals surface area contributed by atoms with Gasteiger partial charge in [-0.25, -0.2) is 4.98 Å². The average Bonchev–Trinajstić information content (AvgIpc) is 2.73. The Morgan fingerprint density at radius 3 is 2.74 bits per heavy atom. The summed E-state index contributed by atoms with van der Waals surface area (Å²) in [6.45, 7) is 6.44. The molecule has 1 saturated heterocycles. The van der Waals surface area contributed by atoms with E-state index >= 15 is 0 Å². The maximum Gasteiger partial charge on any atom is 0.311 e. The van der Waals surface area contributed by atoms with Gasteiger partial charge in [0.25, 0.3) is 5.56 Å². The number of carbonyl (C=O) groups is 1. The average molecular weight is 265 g/mol. The number of rotatable bonds is 3. The number of carboxylic acids is 1. The molecule has 1 aliphatic rings. The van der Waals surface area contributed by atoms with E-state index in [1.165, 1.54) is 0 Å². The van der Waals surface area contributed by atoms with E-state index in [0.717, 1.165) is 0 Å². The molecule has 0 radical (unpaired) electrons. The third kappa shape index (κ3) is 2.34. The SMILES string of the molecule is CC(C)n1ccnc(N2CCC(C)(C(=O)O)C2)c1=O. The molecule has 0 bridgehead atoms. The lowest BCUT2D eigenvalue weighted by molar-refractivity contribution is -0.146. The lowest BCUT2D eigenvalue weighted by atomic mass is 9.90. The van der Waals surface area contributed by atoms with Crippen LogP contribution in [-0.2, 0) is 4.79 Å². The van der Waals surface area contributed by atoms with Crippen LogP contribution in [0, 0.1) is 5.41 Å². The van der Waals surface area contributed by atoms with Crippen LogP contribution in [0.2, 0.25) is 0 Å². The molecule has 1 aromatic rings. The molecule has 104 valence electrons. The van der Waals surface area contributed by atoms with Crippen molar-refractivity contribution in [1.29, 1.82) is 0 Å². The molecule has 1 atom stereocenters. The first kappa shape index (κ1) is 13.6. The molecular weight excluding hydrogens is 246 g/mol. The van der Waals surface area contributed by atoms with E-state index < -0.39 is 11.4 Å². The van der Waals surface area contributed by atoms with Crippen LogP contribution in [0.1, 0.15) is 33.2 Å². The highest BCUT2D eigenvalue weighted by Gasteiger charge is 2.41. The van der Waals surface area contributed by atoms with Gasteiger partial charge in [0.1, 0.15) is 0 Å². The summed E-state index contributed by atoms with van der Waals surface area (Å²) in [7, 11) is 0. The summed E-state index contributed by atoms with van der Waals surface area (Å²) < 4.78 is 1.61. The number of aromatic nitrogens is 2. The number of aliphatic carboxylic acids is 1. The van der Waals surface area contributed by atoms with Gasteiger partial charge >= 0.3 is 5.97 Å². The summed E-state index contributed by atoms with van der Waals surface area (Å²) >= 11 is 0. The molecule has 0 aliphatic carbocycles. The van der Waals surface area contributed by atoms with Crippen molar-refractivity contribution in [2.24, 2.45) is 5.41 Å². The summed E-state index contributed by atoms with van der Waals surface area (Å²) in [5.41, 5.74) is -0.959. The predicted molar refractivity (Wildman–Crippen MR) is 71.5 cm³/mol. The number of carboxylic acid groups (broad SMARTS) is 1. The molecular formula is C13H19N3O3. The lowest BCUT2D eigenvalue weighted by Gasteiger charge is -2.21. The van der Waals surface area contributed by atoms with Gasteiger partial charge in [-0.15, -0.1) is 0 Å². The van der Waals surface area contributed by atoms with Gasteiger partial charge in [-0.3, -0.25) is 9.59 Å². The second kappa shape index (κ2) is 4.68. The van der Waals surface area contributed by atoms with Crippen molar-refractivity contribution in [3.63, 3.8) is 0 Å². The Labute approximate surface area is 111 Å². The molecule has 0 aromatic carbocycles. The van der Waals surface area contributed by atoms with Crippen LogP contribution in [-0.4, -0.2) is 33.7 Å². The summed E-state index contributed by atoms with van der Waals surface area (Å²) in [6.07, 6.45) is 3.77. The molecule has 2 heterocycles. The number of anilines is 1. The molecule has 1 fully saturated rings. The van der Waals surface area contributed by atoms with Crippen LogP contribution < -0.4 is 10.5 Å². The molecule has 19 heavy (non-hydrogen) atoms. The fourth-order valence-electron chi connectivity index (χ4n) is 2.35. The van der Waals surface area contributed by atoms with Gasteiger partial charge in [0, 0.05) is 31.5 Å². The van der Waals surface area contributed by atoms with E-state index in [-0.39, 0.29) is 11.6 Å². The van der Waals surface area contributed by atoms with E-state index in [1.54, 1.807) is 28.8 Å². The summed E-state index contributed by atoms with van der Waals surface area (Å²) in [6, 6.07) is 0.0581. The van der Waals surface area contributed by atoms with Crippen molar-refractivity contribution < 1.29 is 9.90 Å². The smallest absolute Gasteiger partial charge is 0.311 e. The largest absolute Gasteiger partial charge is 0.481 e. The third-order valence-electron chi connectivity index (χ3n) is 3.70. The molecule has 1 N–H and O–H groups in total. The van der Waals surface area contributed by atoms with Crippen molar-refractivity contribution in [1.82, 2.24) is 9.55 Å². The molecule has 0 saturated carbocycles. The van der Waals surface area contributed by atoms with Crippen LogP contribution >= 0.6 is 0 Å². The van der Waals surface area contributed by atoms with Crippen molar-refractivity contribution in [3.05, 3.63) is 22.7 Å². The van der Waals surface area contributed by atoms with Gasteiger partial charge < -0.3 is 14.6 Å². The normalized spacial score (nSPS) is 23.1. The zero-order valence-electron chi connectivity index (χ0n) is 11.5. The van der Waals surface area contributed by atoms with E-state index in [2.05, 4.69) is 4.98 Å². The van der Waals surface area contributed by atoms with Crippen molar-refractivity contribution in [2.45, 2.75) is 33.2 Å². The minimum absolute atomic E-state index is 0.0581. The number of nitrogens with zero attached hydrogens (tertiary/aromatic N) is 3. The van der Waals surface area contributed by atoms with Gasteiger partial charge in [-0.2, -0.15) is 0 Å². The Hall–Kier alpha value is -1.85. The van der Waals surface area contributed by atoms with Crippen LogP contribution in [0.25, 0.3) is 0 Å². The van der Waals surface area contributed by atoms with Gasteiger partial charge in [0.2, 0.25) is 0 Å². The topological polar surface area (TPSA) is 75.4 Å². The Kier molecular flexibility index (Phi) is 3.34. The first-order valence-corrected chi connectivity index (χ1v) is 6.40. The summed E-state index contributed by atoms with van der Waals surface area (Å²) in [4.78, 5) is 29.4. The van der Waals surface area contributed by atoms with E-state index in [1.807, 2.05) is 13.8 Å². The Balaban J connectivity index is 2.33. The van der Waals surface area contributed by atoms with E-state index in [0.29, 0.717) is 25.3 Å². The van der Waals surface area contributed by atoms with Crippen molar-refractivity contribution in [3.8, 4) is 0 Å². The fraction of sp³-hybridized carbons (Fsp3) is 0.615. The molecule has 6 nitrogen and oxygen atoms in total. The van der Waals surface area contributed by atoms with Gasteiger partial charge in [0.15, 0.2) is 5.82 Å². The summed E-state index contributed by atoms with van der Waals surface area (Å²) in [5, 5.41) is 9.22. The maximum atomic E-state index is 12.3. The highest BCUT2D eigenvalue weighted by atomic mass is 16.4. The minimum Gasteiger partial charge on any atom is -0.481 e. The minimum atomic E-state index is -0.824. The Morgan fingerprint density at radius 1 is 1.53 bits per heavy atom. The van der Waals surface area contributed by atoms with Gasteiger partial charge in [0.05, 0.1) is 5.41 Å². The summed E-state index contributed by atoms with van der Waals surface area (Å²) in [5.74, 6) is -0.476. The molecule has 6 heteroatoms. The number of hydrogen-bond donors (Lipinski definition) is 1. The first-order valence-electron chi connectivity index (χ1n) is 6.40. The highest BCUT2D eigenvalue weighted by Crippen LogP contribution is 2.31. The molecule has 0 amide bonds. The molecule has 1 aliphatic heterocycles. The van der Waals surface area contributed by atoms with Crippen LogP contribution in [0.3, 0.4) is 0 Å². The monoisotopic (exact) mass is 265 g/mol. The molecule has 0 spiro atoms. The fourth-order valence-corrected chi connectivity index (χ4v) is 2.35. The predicted octanol–water partition coefficient (Wildman–Crippen LogP) is 1.13. The Morgan fingerprint density at radius 2 is 2.21 bits per heavy atom. The third-order valence-corrected chi connectivity index (χ3v) is 3.70. The lowest BCUT2D eigenvalue weighted by Crippen LogP contribution is -2.36. The quantitative estimate of drug-likeness (QED) is 0.886. The molecule has 1 aromatic heterocycles. The van der Waals surface area contributed by atoms with E-state index in [9.17, 15) is 14.7 Å². The standard InChI is InChI=1S/C13H19N3O3/c1-9(2)16-7-5-14-10(11(16)17)15-6-4-13(3,8-15)12(18)19/h5,7,9H,4,6,8H2,1-3H3,(H,18,19). The zero-order valence-corrected chi connectivity index (χ0v) is 11.5. The first-order chi connectivity index (χ1) is 8.85. The van der Waals surface area contributed by atoms with Crippen molar-refractivity contribution in [2.75, 3.05) is 18.0 Å². The zero-order chi connectivity index (χ0) is 14.2. The number of hydrogen-bond acceptors (Lipinski definition) is 4. The second-order valence-electron chi connectivity index (χ2n) is 5.59. The van der Waals surface area contributed by atoms with E-state index in [4.69, 9.17) is 0 Å². The highest BCUT2D eigenvalue weighted by molar-refractivity contribution is 5.76. The van der Waals surface area contributed by atoms with Crippen molar-refractivity contribution >= 4 is 11.8 Å². The Bertz CT molecular complexity index is 552. The van der Waals surface area contributed by atoms with Crippen LogP contribution in [0.4, 0.5) is 5.82 Å². The second-order valence-corrected chi connectivity index (χ2v) is 5.59. The van der Waals surface area contributed by atoms with Crippen LogP contribution in [0.15, 0.2) is 17.2 Å².